The summed E-state index contributed by atoms with van der Waals surface area (Å²) in [6, 6.07) is 11.4. The average molecular weight is 305 g/mol. The normalized spacial score (nSPS) is 17.5. The van der Waals surface area contributed by atoms with Crippen LogP contribution in [0.2, 0.25) is 0 Å². The molecule has 2 aromatic heterocycles. The van der Waals surface area contributed by atoms with E-state index in [1.165, 1.54) is 33.3 Å². The van der Waals surface area contributed by atoms with Gasteiger partial charge in [0.05, 0.1) is 11.6 Å². The van der Waals surface area contributed by atoms with E-state index in [0.29, 0.717) is 6.04 Å². The van der Waals surface area contributed by atoms with E-state index in [-0.39, 0.29) is 0 Å². The number of pyridine rings is 1. The van der Waals surface area contributed by atoms with Gasteiger partial charge in [0.1, 0.15) is 0 Å². The highest BCUT2D eigenvalue weighted by atomic mass is 15.2. The molecular formula is C20H23N3. The Morgan fingerprint density at radius 2 is 2.04 bits per heavy atom. The van der Waals surface area contributed by atoms with Gasteiger partial charge in [0, 0.05) is 23.8 Å². The number of benzene rings is 1. The van der Waals surface area contributed by atoms with E-state index in [0.717, 1.165) is 25.2 Å². The van der Waals surface area contributed by atoms with Gasteiger partial charge in [-0.3, -0.25) is 0 Å². The second kappa shape index (κ2) is 5.41. The maximum absolute atomic E-state index is 4.75. The van der Waals surface area contributed by atoms with Crippen molar-refractivity contribution in [2.24, 2.45) is 0 Å². The highest BCUT2D eigenvalue weighted by molar-refractivity contribution is 5.92. The van der Waals surface area contributed by atoms with Gasteiger partial charge in [-0.1, -0.05) is 31.2 Å². The molecule has 1 N–H and O–H groups in total. The molecule has 118 valence electrons. The van der Waals surface area contributed by atoms with Gasteiger partial charge >= 0.3 is 0 Å². The lowest BCUT2D eigenvalue weighted by molar-refractivity contribution is 0.563. The highest BCUT2D eigenvalue weighted by Crippen LogP contribution is 2.38. The van der Waals surface area contributed by atoms with E-state index < -0.39 is 0 Å². The zero-order valence-corrected chi connectivity index (χ0v) is 14.1. The summed E-state index contributed by atoms with van der Waals surface area (Å²) in [6.07, 6.45) is 4.13. The first-order chi connectivity index (χ1) is 11.2. The minimum absolute atomic E-state index is 0.405. The molecule has 4 rings (SSSR count). The first-order valence-electron chi connectivity index (χ1n) is 8.49. The molecule has 23 heavy (non-hydrogen) atoms. The minimum Gasteiger partial charge on any atom is -0.355 e. The Morgan fingerprint density at radius 1 is 1.22 bits per heavy atom. The Morgan fingerprint density at radius 3 is 2.87 bits per heavy atom. The second-order valence-corrected chi connectivity index (χ2v) is 6.50. The zero-order valence-electron chi connectivity index (χ0n) is 14.1. The number of rotatable bonds is 2. The average Bonchev–Trinajstić information content (AvgIpc) is 2.88. The number of nitrogens with zero attached hydrogens (tertiary/aromatic N) is 2. The maximum Gasteiger partial charge on any atom is 0.153 e. The molecule has 0 aliphatic carbocycles. The third kappa shape index (κ3) is 2.14. The molecule has 0 spiro atoms. The number of hydrogen-bond donors (Lipinski definition) is 1. The first kappa shape index (κ1) is 14.3. The summed E-state index contributed by atoms with van der Waals surface area (Å²) in [5.41, 5.74) is 6.69. The van der Waals surface area contributed by atoms with Gasteiger partial charge in [-0.2, -0.15) is 0 Å². The van der Waals surface area contributed by atoms with E-state index in [1.54, 1.807) is 0 Å². The standard InChI is InChI=1S/C20H23N3/c1-4-18-17-8-6-5-7-15(17)10-12-23(18)20-19-16(9-11-21-20)13(2)14(3)22-19/h5-9,11,18,22H,4,10,12H2,1-3H3. The predicted molar refractivity (Wildman–Crippen MR) is 96.1 cm³/mol. The maximum atomic E-state index is 4.75. The second-order valence-electron chi connectivity index (χ2n) is 6.50. The van der Waals surface area contributed by atoms with Crippen molar-refractivity contribution in [1.29, 1.82) is 0 Å². The number of fused-ring (bicyclic) bond motifs is 2. The van der Waals surface area contributed by atoms with Gasteiger partial charge in [0.25, 0.3) is 0 Å². The Bertz CT molecular complexity index is 862. The van der Waals surface area contributed by atoms with Crippen LogP contribution in [0.4, 0.5) is 5.82 Å². The van der Waals surface area contributed by atoms with Crippen LogP contribution in [0.15, 0.2) is 36.5 Å². The topological polar surface area (TPSA) is 31.9 Å². The van der Waals surface area contributed by atoms with Crippen molar-refractivity contribution in [1.82, 2.24) is 9.97 Å². The fourth-order valence-corrected chi connectivity index (χ4v) is 3.93. The SMILES string of the molecule is CCC1c2ccccc2CCN1c1nccc2c(C)c(C)[nH]c12. The molecule has 0 amide bonds. The molecule has 0 fully saturated rings. The van der Waals surface area contributed by atoms with Gasteiger partial charge in [0.15, 0.2) is 5.82 Å². The molecule has 1 aliphatic rings. The molecule has 3 heteroatoms. The number of aromatic amines is 1. The molecule has 0 saturated carbocycles. The largest absolute Gasteiger partial charge is 0.355 e. The van der Waals surface area contributed by atoms with Crippen LogP contribution < -0.4 is 4.90 Å². The van der Waals surface area contributed by atoms with Crippen LogP contribution in [0.1, 0.15) is 41.8 Å². The van der Waals surface area contributed by atoms with E-state index in [1.807, 2.05) is 6.20 Å². The van der Waals surface area contributed by atoms with Gasteiger partial charge in [0.2, 0.25) is 0 Å². The Balaban J connectivity index is 1.87. The number of aryl methyl sites for hydroxylation is 2. The van der Waals surface area contributed by atoms with Crippen LogP contribution in [0.3, 0.4) is 0 Å². The number of nitrogens with one attached hydrogen (secondary N) is 1. The molecule has 1 aliphatic heterocycles. The van der Waals surface area contributed by atoms with Gasteiger partial charge in [-0.25, -0.2) is 4.98 Å². The van der Waals surface area contributed by atoms with Crippen LogP contribution in [0, 0.1) is 13.8 Å². The van der Waals surface area contributed by atoms with E-state index in [2.05, 4.69) is 61.0 Å². The van der Waals surface area contributed by atoms with Crippen molar-refractivity contribution < 1.29 is 0 Å². The van der Waals surface area contributed by atoms with Crippen LogP contribution in [-0.2, 0) is 6.42 Å². The summed E-state index contributed by atoms with van der Waals surface area (Å²) in [5.74, 6) is 1.10. The molecule has 1 unspecified atom stereocenters. The van der Waals surface area contributed by atoms with Crippen LogP contribution >= 0.6 is 0 Å². The van der Waals surface area contributed by atoms with Crippen molar-refractivity contribution in [2.75, 3.05) is 11.4 Å². The quantitative estimate of drug-likeness (QED) is 0.744. The zero-order chi connectivity index (χ0) is 16.0. The summed E-state index contributed by atoms with van der Waals surface area (Å²) in [6.45, 7) is 7.62. The smallest absolute Gasteiger partial charge is 0.153 e. The minimum atomic E-state index is 0.405. The lowest BCUT2D eigenvalue weighted by atomic mass is 9.91. The number of H-pyrrole nitrogens is 1. The molecule has 1 aromatic carbocycles. The van der Waals surface area contributed by atoms with Crippen molar-refractivity contribution in [3.05, 3.63) is 58.9 Å². The van der Waals surface area contributed by atoms with Crippen LogP contribution in [0.25, 0.3) is 10.9 Å². The fourth-order valence-electron chi connectivity index (χ4n) is 3.93. The molecule has 0 radical (unpaired) electrons. The van der Waals surface area contributed by atoms with Gasteiger partial charge in [-0.15, -0.1) is 0 Å². The lowest BCUT2D eigenvalue weighted by Crippen LogP contribution is -2.35. The molecule has 0 bridgehead atoms. The van der Waals surface area contributed by atoms with Gasteiger partial charge in [-0.05, 0) is 49.4 Å². The van der Waals surface area contributed by atoms with E-state index in [9.17, 15) is 0 Å². The number of aromatic nitrogens is 2. The Kier molecular flexibility index (Phi) is 3.37. The lowest BCUT2D eigenvalue weighted by Gasteiger charge is -2.38. The monoisotopic (exact) mass is 305 g/mol. The number of anilines is 1. The highest BCUT2D eigenvalue weighted by Gasteiger charge is 2.28. The van der Waals surface area contributed by atoms with Crippen molar-refractivity contribution >= 4 is 16.7 Å². The molecule has 3 heterocycles. The van der Waals surface area contributed by atoms with Crippen molar-refractivity contribution in [2.45, 2.75) is 39.7 Å². The van der Waals surface area contributed by atoms with Gasteiger partial charge < -0.3 is 9.88 Å². The summed E-state index contributed by atoms with van der Waals surface area (Å²) >= 11 is 0. The molecule has 1 atom stereocenters. The predicted octanol–water partition coefficient (Wildman–Crippen LogP) is 4.69. The Labute approximate surface area is 137 Å². The molecular weight excluding hydrogens is 282 g/mol. The molecule has 3 nitrogen and oxygen atoms in total. The summed E-state index contributed by atoms with van der Waals surface area (Å²) < 4.78 is 0. The fraction of sp³-hybridized carbons (Fsp3) is 0.350. The number of hydrogen-bond acceptors (Lipinski definition) is 2. The van der Waals surface area contributed by atoms with E-state index >= 15 is 0 Å². The first-order valence-corrected chi connectivity index (χ1v) is 8.49. The third-order valence-corrected chi connectivity index (χ3v) is 5.28. The van der Waals surface area contributed by atoms with Crippen molar-refractivity contribution in [3.63, 3.8) is 0 Å². The van der Waals surface area contributed by atoms with Crippen molar-refractivity contribution in [3.8, 4) is 0 Å². The summed E-state index contributed by atoms with van der Waals surface area (Å²) in [7, 11) is 0. The third-order valence-electron chi connectivity index (χ3n) is 5.28. The molecule has 3 aromatic rings. The summed E-state index contributed by atoms with van der Waals surface area (Å²) in [5, 5.41) is 1.29. The summed E-state index contributed by atoms with van der Waals surface area (Å²) in [4.78, 5) is 10.8. The Hall–Kier alpha value is -2.29. The molecule has 0 saturated heterocycles. The van der Waals surface area contributed by atoms with Crippen LogP contribution in [0.5, 0.6) is 0 Å². The van der Waals surface area contributed by atoms with Crippen LogP contribution in [-0.4, -0.2) is 16.5 Å². The van der Waals surface area contributed by atoms with E-state index in [4.69, 9.17) is 4.98 Å².